The van der Waals surface area contributed by atoms with Crippen molar-refractivity contribution < 1.29 is 4.79 Å². The molecule has 0 aliphatic heterocycles. The van der Waals surface area contributed by atoms with Crippen LogP contribution in [-0.4, -0.2) is 18.6 Å². The lowest BCUT2D eigenvalue weighted by atomic mass is 10.0. The van der Waals surface area contributed by atoms with Gasteiger partial charge in [0.2, 0.25) is 0 Å². The second-order valence-corrected chi connectivity index (χ2v) is 5.77. The number of amides is 2. The van der Waals surface area contributed by atoms with Gasteiger partial charge in [0, 0.05) is 12.6 Å². The first-order chi connectivity index (χ1) is 7.81. The minimum absolute atomic E-state index is 0.0623. The molecule has 0 saturated heterocycles. The van der Waals surface area contributed by atoms with E-state index in [1.807, 2.05) is 0 Å². The molecule has 16 heavy (non-hydrogen) atoms. The molecular formula is C13H22N2O. The number of rotatable bonds is 4. The van der Waals surface area contributed by atoms with Gasteiger partial charge in [-0.15, -0.1) is 0 Å². The summed E-state index contributed by atoms with van der Waals surface area (Å²) in [6.07, 6.45) is 6.50. The molecule has 3 aliphatic carbocycles. The predicted octanol–water partition coefficient (Wildman–Crippen LogP) is 2.13. The summed E-state index contributed by atoms with van der Waals surface area (Å²) >= 11 is 0. The van der Waals surface area contributed by atoms with Gasteiger partial charge >= 0.3 is 6.03 Å². The Hall–Kier alpha value is -0.730. The van der Waals surface area contributed by atoms with Gasteiger partial charge in [0.25, 0.3) is 0 Å². The molecule has 2 N–H and O–H groups in total. The van der Waals surface area contributed by atoms with Crippen molar-refractivity contribution in [2.75, 3.05) is 6.54 Å². The Kier molecular flexibility index (Phi) is 2.56. The maximum Gasteiger partial charge on any atom is 0.315 e. The van der Waals surface area contributed by atoms with Crippen molar-refractivity contribution >= 4 is 6.03 Å². The Morgan fingerprint density at radius 3 is 2.56 bits per heavy atom. The molecule has 0 heterocycles. The monoisotopic (exact) mass is 222 g/mol. The molecule has 0 spiro atoms. The molecule has 0 radical (unpaired) electrons. The summed E-state index contributed by atoms with van der Waals surface area (Å²) in [6.45, 7) is 2.96. The van der Waals surface area contributed by atoms with Gasteiger partial charge in [-0.25, -0.2) is 4.79 Å². The zero-order valence-corrected chi connectivity index (χ0v) is 10.0. The molecule has 0 aromatic carbocycles. The quantitative estimate of drug-likeness (QED) is 0.703. The summed E-state index contributed by atoms with van der Waals surface area (Å²) in [5.74, 6) is 3.57. The molecule has 3 rings (SSSR count). The van der Waals surface area contributed by atoms with Crippen molar-refractivity contribution in [1.82, 2.24) is 10.6 Å². The van der Waals surface area contributed by atoms with Crippen molar-refractivity contribution in [3.8, 4) is 0 Å². The third kappa shape index (κ3) is 1.61. The van der Waals surface area contributed by atoms with Gasteiger partial charge in [-0.2, -0.15) is 0 Å². The van der Waals surface area contributed by atoms with Crippen LogP contribution in [-0.2, 0) is 0 Å². The highest BCUT2D eigenvalue weighted by Gasteiger charge is 2.65. The normalized spacial score (nSPS) is 42.9. The van der Waals surface area contributed by atoms with Gasteiger partial charge in [0.1, 0.15) is 0 Å². The second-order valence-electron chi connectivity index (χ2n) is 5.77. The maximum absolute atomic E-state index is 11.6. The second kappa shape index (κ2) is 3.94. The van der Waals surface area contributed by atoms with Crippen LogP contribution in [0.1, 0.15) is 39.0 Å². The molecule has 0 aromatic heterocycles. The van der Waals surface area contributed by atoms with Crippen LogP contribution in [0.15, 0.2) is 0 Å². The van der Waals surface area contributed by atoms with E-state index in [-0.39, 0.29) is 6.03 Å². The summed E-state index contributed by atoms with van der Waals surface area (Å²) in [5, 5.41) is 6.11. The summed E-state index contributed by atoms with van der Waals surface area (Å²) in [4.78, 5) is 11.6. The molecule has 4 unspecified atom stereocenters. The molecular weight excluding hydrogens is 200 g/mol. The Morgan fingerprint density at radius 2 is 1.94 bits per heavy atom. The molecule has 2 bridgehead atoms. The van der Waals surface area contributed by atoms with Crippen LogP contribution >= 0.6 is 0 Å². The van der Waals surface area contributed by atoms with E-state index in [1.54, 1.807) is 0 Å². The van der Waals surface area contributed by atoms with Gasteiger partial charge in [0.15, 0.2) is 0 Å². The molecule has 3 saturated carbocycles. The number of nitrogens with one attached hydrogen (secondary N) is 2. The summed E-state index contributed by atoms with van der Waals surface area (Å²) in [7, 11) is 0. The highest BCUT2D eigenvalue weighted by molar-refractivity contribution is 5.74. The SMILES string of the molecule is CCCCNC(=O)NC1C2C3CCC(C3)C12. The van der Waals surface area contributed by atoms with Crippen LogP contribution in [0.25, 0.3) is 0 Å². The van der Waals surface area contributed by atoms with Crippen LogP contribution < -0.4 is 10.6 Å². The maximum atomic E-state index is 11.6. The van der Waals surface area contributed by atoms with Gasteiger partial charge in [0.05, 0.1) is 0 Å². The lowest BCUT2D eigenvalue weighted by Gasteiger charge is -2.11. The van der Waals surface area contributed by atoms with E-state index in [0.29, 0.717) is 6.04 Å². The first-order valence-corrected chi connectivity index (χ1v) is 6.85. The number of hydrogen-bond acceptors (Lipinski definition) is 1. The molecule has 3 heteroatoms. The van der Waals surface area contributed by atoms with E-state index < -0.39 is 0 Å². The number of unbranched alkanes of at least 4 members (excludes halogenated alkanes) is 1. The Morgan fingerprint density at radius 1 is 1.25 bits per heavy atom. The Labute approximate surface area is 97.4 Å². The van der Waals surface area contributed by atoms with Crippen LogP contribution in [0.2, 0.25) is 0 Å². The highest BCUT2D eigenvalue weighted by Crippen LogP contribution is 2.65. The fourth-order valence-electron chi connectivity index (χ4n) is 4.10. The van der Waals surface area contributed by atoms with Crippen LogP contribution in [0.5, 0.6) is 0 Å². The standard InChI is InChI=1S/C13H22N2O/c1-2-3-6-14-13(16)15-12-10-8-4-5-9(7-8)11(10)12/h8-12H,2-7H2,1H3,(H2,14,15,16). The van der Waals surface area contributed by atoms with Gasteiger partial charge in [-0.1, -0.05) is 13.3 Å². The predicted molar refractivity (Wildman–Crippen MR) is 63.0 cm³/mol. The van der Waals surface area contributed by atoms with Crippen LogP contribution in [0, 0.1) is 23.7 Å². The van der Waals surface area contributed by atoms with Crippen molar-refractivity contribution in [1.29, 1.82) is 0 Å². The third-order valence-corrected chi connectivity index (χ3v) is 4.85. The minimum Gasteiger partial charge on any atom is -0.338 e. The van der Waals surface area contributed by atoms with E-state index in [4.69, 9.17) is 0 Å². The summed E-state index contributed by atoms with van der Waals surface area (Å²) in [6, 6.07) is 0.583. The zero-order valence-electron chi connectivity index (χ0n) is 10.0. The largest absolute Gasteiger partial charge is 0.338 e. The summed E-state index contributed by atoms with van der Waals surface area (Å²) in [5.41, 5.74) is 0. The Bertz CT molecular complexity index is 276. The van der Waals surface area contributed by atoms with E-state index in [2.05, 4.69) is 17.6 Å². The molecule has 3 fully saturated rings. The van der Waals surface area contributed by atoms with Crippen molar-refractivity contribution in [3.05, 3.63) is 0 Å². The number of urea groups is 1. The van der Waals surface area contributed by atoms with E-state index in [1.165, 1.54) is 19.3 Å². The average Bonchev–Trinajstić information content (AvgIpc) is 2.70. The summed E-state index contributed by atoms with van der Waals surface area (Å²) < 4.78 is 0. The number of fused-ring (bicyclic) bond motifs is 5. The molecule has 3 nitrogen and oxygen atoms in total. The lowest BCUT2D eigenvalue weighted by molar-refractivity contribution is 0.238. The molecule has 0 aromatic rings. The van der Waals surface area contributed by atoms with Gasteiger partial charge in [-0.3, -0.25) is 0 Å². The Balaban J connectivity index is 1.43. The number of hydrogen-bond donors (Lipinski definition) is 2. The fraction of sp³-hybridized carbons (Fsp3) is 0.923. The molecule has 2 amide bonds. The van der Waals surface area contributed by atoms with Crippen molar-refractivity contribution in [2.24, 2.45) is 23.7 Å². The fourth-order valence-corrected chi connectivity index (χ4v) is 4.10. The third-order valence-electron chi connectivity index (χ3n) is 4.85. The van der Waals surface area contributed by atoms with E-state index >= 15 is 0 Å². The average molecular weight is 222 g/mol. The van der Waals surface area contributed by atoms with Gasteiger partial charge < -0.3 is 10.6 Å². The first-order valence-electron chi connectivity index (χ1n) is 6.85. The van der Waals surface area contributed by atoms with E-state index in [0.717, 1.165) is 43.1 Å². The molecule has 4 atom stereocenters. The number of carbonyl (C=O) groups is 1. The zero-order chi connectivity index (χ0) is 11.1. The van der Waals surface area contributed by atoms with Crippen molar-refractivity contribution in [2.45, 2.75) is 45.1 Å². The lowest BCUT2D eigenvalue weighted by Crippen LogP contribution is -2.39. The van der Waals surface area contributed by atoms with Gasteiger partial charge in [-0.05, 0) is 49.4 Å². The smallest absolute Gasteiger partial charge is 0.315 e. The van der Waals surface area contributed by atoms with Crippen LogP contribution in [0.4, 0.5) is 4.79 Å². The van der Waals surface area contributed by atoms with Crippen molar-refractivity contribution in [3.63, 3.8) is 0 Å². The highest BCUT2D eigenvalue weighted by atomic mass is 16.2. The molecule has 90 valence electrons. The van der Waals surface area contributed by atoms with E-state index in [9.17, 15) is 4.79 Å². The van der Waals surface area contributed by atoms with Crippen LogP contribution in [0.3, 0.4) is 0 Å². The topological polar surface area (TPSA) is 41.1 Å². The molecule has 3 aliphatic rings. The number of carbonyl (C=O) groups excluding carboxylic acids is 1. The first kappa shape index (κ1) is 10.4. The minimum atomic E-state index is 0.0623.